The third kappa shape index (κ3) is 2.64. The lowest BCUT2D eigenvalue weighted by Gasteiger charge is -2.32. The Bertz CT molecular complexity index is 738. The average Bonchev–Trinajstić information content (AvgIpc) is 3.00. The predicted molar refractivity (Wildman–Crippen MR) is 87.8 cm³/mol. The minimum atomic E-state index is -0.583. The standard InChI is InChI=1S/C16H21BN2O4/c1-6-21-14(20)10-7-11(13-12(8-10)18-9-19-13)17-22-15(2,3)16(4,5)23-17/h7-9H,6H2,1-5H3,(H,18,19). The number of hydrogen-bond donors (Lipinski definition) is 1. The van der Waals surface area contributed by atoms with E-state index in [4.69, 9.17) is 14.0 Å². The molecule has 122 valence electrons. The van der Waals surface area contributed by atoms with Gasteiger partial charge in [0.25, 0.3) is 0 Å². The molecule has 1 aromatic carbocycles. The number of nitrogens with one attached hydrogen (secondary N) is 1. The molecule has 2 aromatic rings. The Balaban J connectivity index is 2.07. The molecule has 0 radical (unpaired) electrons. The van der Waals surface area contributed by atoms with Crippen LogP contribution in [0.25, 0.3) is 11.0 Å². The highest BCUT2D eigenvalue weighted by Crippen LogP contribution is 2.37. The van der Waals surface area contributed by atoms with Gasteiger partial charge < -0.3 is 19.0 Å². The summed E-state index contributed by atoms with van der Waals surface area (Å²) in [4.78, 5) is 19.5. The summed E-state index contributed by atoms with van der Waals surface area (Å²) in [6.45, 7) is 10.1. The van der Waals surface area contributed by atoms with Crippen molar-refractivity contribution in [3.05, 3.63) is 24.0 Å². The lowest BCUT2D eigenvalue weighted by molar-refractivity contribution is 0.00578. The molecular weight excluding hydrogens is 295 g/mol. The van der Waals surface area contributed by atoms with E-state index in [0.717, 1.165) is 16.5 Å². The van der Waals surface area contributed by atoms with Gasteiger partial charge in [-0.25, -0.2) is 9.78 Å². The number of aromatic nitrogens is 2. The van der Waals surface area contributed by atoms with E-state index in [9.17, 15) is 4.79 Å². The van der Waals surface area contributed by atoms with Crippen LogP contribution in [0.4, 0.5) is 0 Å². The Morgan fingerprint density at radius 3 is 2.52 bits per heavy atom. The average molecular weight is 316 g/mol. The largest absolute Gasteiger partial charge is 0.497 e. The van der Waals surface area contributed by atoms with Crippen molar-refractivity contribution < 1.29 is 18.8 Å². The van der Waals surface area contributed by atoms with Crippen LogP contribution >= 0.6 is 0 Å². The molecule has 2 heterocycles. The zero-order chi connectivity index (χ0) is 16.8. The highest BCUT2D eigenvalue weighted by Gasteiger charge is 2.52. The molecule has 1 N–H and O–H groups in total. The van der Waals surface area contributed by atoms with Gasteiger partial charge in [0.2, 0.25) is 0 Å². The highest BCUT2D eigenvalue weighted by atomic mass is 16.7. The second kappa shape index (κ2) is 5.35. The summed E-state index contributed by atoms with van der Waals surface area (Å²) in [7, 11) is -0.583. The molecule has 0 bridgehead atoms. The zero-order valence-electron chi connectivity index (χ0n) is 14.1. The van der Waals surface area contributed by atoms with Crippen LogP contribution in [0.3, 0.4) is 0 Å². The van der Waals surface area contributed by atoms with Crippen molar-refractivity contribution in [3.8, 4) is 0 Å². The van der Waals surface area contributed by atoms with Crippen LogP contribution in [0.2, 0.25) is 0 Å². The van der Waals surface area contributed by atoms with Gasteiger partial charge in [0.05, 0.1) is 40.7 Å². The molecule has 1 aliphatic rings. The number of esters is 1. The minimum absolute atomic E-state index is 0.325. The first-order valence-electron chi connectivity index (χ1n) is 7.75. The van der Waals surface area contributed by atoms with Crippen molar-refractivity contribution >= 4 is 29.6 Å². The number of hydrogen-bond acceptors (Lipinski definition) is 5. The SMILES string of the molecule is CCOC(=O)c1cc(B2OC(C)(C)C(C)(C)O2)c2nc[nH]c2c1. The summed E-state index contributed by atoms with van der Waals surface area (Å²) in [6.07, 6.45) is 1.59. The van der Waals surface area contributed by atoms with Gasteiger partial charge in [-0.3, -0.25) is 0 Å². The second-order valence-corrected chi connectivity index (χ2v) is 6.67. The first-order chi connectivity index (χ1) is 10.7. The van der Waals surface area contributed by atoms with Crippen molar-refractivity contribution in [2.45, 2.75) is 45.8 Å². The summed E-state index contributed by atoms with van der Waals surface area (Å²) in [5.41, 5.74) is 1.75. The van der Waals surface area contributed by atoms with Gasteiger partial charge in [-0.15, -0.1) is 0 Å². The van der Waals surface area contributed by atoms with Crippen molar-refractivity contribution in [1.29, 1.82) is 0 Å². The summed E-state index contributed by atoms with van der Waals surface area (Å²) < 4.78 is 17.3. The lowest BCUT2D eigenvalue weighted by atomic mass is 9.77. The maximum Gasteiger partial charge on any atom is 0.497 e. The fourth-order valence-electron chi connectivity index (χ4n) is 2.56. The number of carbonyl (C=O) groups excluding carboxylic acids is 1. The summed E-state index contributed by atoms with van der Waals surface area (Å²) >= 11 is 0. The van der Waals surface area contributed by atoms with Gasteiger partial charge in [-0.05, 0) is 46.8 Å². The molecule has 23 heavy (non-hydrogen) atoms. The Hall–Kier alpha value is -1.86. The van der Waals surface area contributed by atoms with Crippen LogP contribution < -0.4 is 5.46 Å². The molecule has 1 saturated heterocycles. The van der Waals surface area contributed by atoms with Gasteiger partial charge in [0, 0.05) is 5.46 Å². The molecule has 1 fully saturated rings. The number of nitrogens with zero attached hydrogens (tertiary/aromatic N) is 1. The maximum absolute atomic E-state index is 12.1. The number of ether oxygens (including phenoxy) is 1. The Kier molecular flexibility index (Phi) is 3.73. The van der Waals surface area contributed by atoms with E-state index in [-0.39, 0.29) is 5.97 Å². The number of carbonyl (C=O) groups is 1. The van der Waals surface area contributed by atoms with E-state index in [0.29, 0.717) is 12.2 Å². The number of aromatic amines is 1. The van der Waals surface area contributed by atoms with Gasteiger partial charge in [0.15, 0.2) is 0 Å². The molecular formula is C16H21BN2O4. The topological polar surface area (TPSA) is 73.4 Å². The van der Waals surface area contributed by atoms with Crippen LogP contribution in [0, 0.1) is 0 Å². The summed E-state index contributed by atoms with van der Waals surface area (Å²) in [5.74, 6) is -0.373. The number of rotatable bonds is 3. The van der Waals surface area contributed by atoms with Crippen molar-refractivity contribution in [3.63, 3.8) is 0 Å². The Morgan fingerprint density at radius 1 is 1.26 bits per heavy atom. The highest BCUT2D eigenvalue weighted by molar-refractivity contribution is 6.65. The molecule has 0 amide bonds. The quantitative estimate of drug-likeness (QED) is 0.693. The number of benzene rings is 1. The zero-order valence-corrected chi connectivity index (χ0v) is 14.1. The maximum atomic E-state index is 12.1. The first-order valence-corrected chi connectivity index (χ1v) is 7.75. The monoisotopic (exact) mass is 316 g/mol. The van der Waals surface area contributed by atoms with E-state index < -0.39 is 18.3 Å². The van der Waals surface area contributed by atoms with Crippen LogP contribution in [0.5, 0.6) is 0 Å². The fraction of sp³-hybridized carbons (Fsp3) is 0.500. The molecule has 7 heteroatoms. The lowest BCUT2D eigenvalue weighted by Crippen LogP contribution is -2.41. The molecule has 0 saturated carbocycles. The predicted octanol–water partition coefficient (Wildman–Crippen LogP) is 2.04. The van der Waals surface area contributed by atoms with Gasteiger partial charge in [-0.1, -0.05) is 0 Å². The van der Waals surface area contributed by atoms with Gasteiger partial charge in [-0.2, -0.15) is 0 Å². The Morgan fingerprint density at radius 2 is 1.91 bits per heavy atom. The van der Waals surface area contributed by atoms with Crippen molar-refractivity contribution in [1.82, 2.24) is 9.97 Å². The molecule has 0 unspecified atom stereocenters. The van der Waals surface area contributed by atoms with Crippen molar-refractivity contribution in [2.75, 3.05) is 6.61 Å². The van der Waals surface area contributed by atoms with Gasteiger partial charge in [0.1, 0.15) is 0 Å². The molecule has 3 rings (SSSR count). The molecule has 1 aliphatic heterocycles. The molecule has 6 nitrogen and oxygen atoms in total. The molecule has 0 atom stereocenters. The van der Waals surface area contributed by atoms with E-state index >= 15 is 0 Å². The van der Waals surface area contributed by atoms with E-state index in [1.807, 2.05) is 27.7 Å². The number of H-pyrrole nitrogens is 1. The second-order valence-electron chi connectivity index (χ2n) is 6.67. The van der Waals surface area contributed by atoms with E-state index in [2.05, 4.69) is 9.97 Å². The van der Waals surface area contributed by atoms with Crippen LogP contribution in [0.15, 0.2) is 18.5 Å². The summed E-state index contributed by atoms with van der Waals surface area (Å²) in [5, 5.41) is 0. The van der Waals surface area contributed by atoms with Crippen molar-refractivity contribution in [2.24, 2.45) is 0 Å². The molecule has 1 aromatic heterocycles. The third-order valence-corrected chi connectivity index (χ3v) is 4.57. The smallest absolute Gasteiger partial charge is 0.462 e. The first kappa shape index (κ1) is 16.0. The van der Waals surface area contributed by atoms with E-state index in [1.165, 1.54) is 0 Å². The molecule has 0 spiro atoms. The number of imidazole rings is 1. The molecule has 0 aliphatic carbocycles. The van der Waals surface area contributed by atoms with Gasteiger partial charge >= 0.3 is 13.1 Å². The summed E-state index contributed by atoms with van der Waals surface area (Å²) in [6, 6.07) is 3.47. The third-order valence-electron chi connectivity index (χ3n) is 4.57. The minimum Gasteiger partial charge on any atom is -0.462 e. The van der Waals surface area contributed by atoms with Crippen LogP contribution in [-0.2, 0) is 14.0 Å². The fourth-order valence-corrected chi connectivity index (χ4v) is 2.56. The Labute approximate surface area is 135 Å². The number of fused-ring (bicyclic) bond motifs is 1. The van der Waals surface area contributed by atoms with Crippen LogP contribution in [-0.4, -0.2) is 40.9 Å². The van der Waals surface area contributed by atoms with Crippen LogP contribution in [0.1, 0.15) is 45.0 Å². The normalized spacial score (nSPS) is 19.3. The van der Waals surface area contributed by atoms with E-state index in [1.54, 1.807) is 25.4 Å².